The molecule has 0 unspecified atom stereocenters. The first-order valence-electron chi connectivity index (χ1n) is 4.94. The Balaban J connectivity index is 2.10. The van der Waals surface area contributed by atoms with Crippen molar-refractivity contribution in [3.8, 4) is 0 Å². The van der Waals surface area contributed by atoms with Crippen LogP contribution in [0, 0.1) is 6.92 Å². The lowest BCUT2D eigenvalue weighted by Crippen LogP contribution is -2.13. The van der Waals surface area contributed by atoms with Gasteiger partial charge >= 0.3 is 0 Å². The second kappa shape index (κ2) is 4.43. The molecule has 1 saturated heterocycles. The first-order valence-corrected chi connectivity index (χ1v) is 7.73. The minimum atomic E-state index is -0.151. The van der Waals surface area contributed by atoms with Crippen molar-refractivity contribution in [3.63, 3.8) is 0 Å². The number of hydrogen-bond donors (Lipinski definition) is 0. The summed E-state index contributed by atoms with van der Waals surface area (Å²) >= 11 is 4.79. The van der Waals surface area contributed by atoms with Crippen molar-refractivity contribution >= 4 is 49.3 Å². The Kier molecular flexibility index (Phi) is 2.93. The highest BCUT2D eigenvalue weighted by atomic mass is 32.2. The van der Waals surface area contributed by atoms with E-state index in [0.29, 0.717) is 15.8 Å². The summed E-state index contributed by atoms with van der Waals surface area (Å²) < 4.78 is 2.33. The Hall–Kier alpha value is -0.860. The van der Waals surface area contributed by atoms with E-state index in [0.717, 1.165) is 15.9 Å². The molecule has 1 aliphatic rings. The molecule has 1 fully saturated rings. The average Bonchev–Trinajstić information content (AvgIpc) is 2.87. The van der Waals surface area contributed by atoms with Crippen molar-refractivity contribution in [2.24, 2.45) is 4.99 Å². The molecular formula is C9H8N4OS3. The van der Waals surface area contributed by atoms with Crippen molar-refractivity contribution in [3.05, 3.63) is 22.1 Å². The third-order valence-corrected chi connectivity index (χ3v) is 5.34. The zero-order valence-electron chi connectivity index (χ0n) is 8.91. The molecule has 0 amide bonds. The standard InChI is InChI=1S/C9H8N4OS3/c1-5-4-6(14)13-8(10-5)17-7(12-13)11-9-15-2-3-16-9/h4H,2-3H2,1H3. The Morgan fingerprint density at radius 2 is 2.18 bits per heavy atom. The number of fused-ring (bicyclic) bond motifs is 1. The molecule has 2 aromatic heterocycles. The van der Waals surface area contributed by atoms with Crippen LogP contribution in [0.1, 0.15) is 5.69 Å². The molecule has 88 valence electrons. The van der Waals surface area contributed by atoms with Crippen LogP contribution in [0.4, 0.5) is 5.13 Å². The summed E-state index contributed by atoms with van der Waals surface area (Å²) in [4.78, 5) is 20.9. The van der Waals surface area contributed by atoms with Gasteiger partial charge in [-0.3, -0.25) is 4.79 Å². The third-order valence-electron chi connectivity index (χ3n) is 2.08. The van der Waals surface area contributed by atoms with Crippen LogP contribution in [0.25, 0.3) is 4.96 Å². The van der Waals surface area contributed by atoms with Gasteiger partial charge in [0.25, 0.3) is 5.56 Å². The molecule has 17 heavy (non-hydrogen) atoms. The van der Waals surface area contributed by atoms with E-state index in [1.54, 1.807) is 30.4 Å². The highest BCUT2D eigenvalue weighted by Gasteiger charge is 2.12. The van der Waals surface area contributed by atoms with Gasteiger partial charge in [0.05, 0.1) is 0 Å². The van der Waals surface area contributed by atoms with Crippen molar-refractivity contribution in [2.45, 2.75) is 6.92 Å². The topological polar surface area (TPSA) is 59.6 Å². The van der Waals surface area contributed by atoms with Gasteiger partial charge in [-0.05, 0) is 6.92 Å². The molecular weight excluding hydrogens is 276 g/mol. The predicted octanol–water partition coefficient (Wildman–Crippen LogP) is 1.93. The fourth-order valence-corrected chi connectivity index (χ4v) is 4.49. The van der Waals surface area contributed by atoms with Crippen molar-refractivity contribution in [1.82, 2.24) is 14.6 Å². The summed E-state index contributed by atoms with van der Waals surface area (Å²) in [5.41, 5.74) is 0.560. The SMILES string of the molecule is Cc1cc(=O)n2nc(N=C3SCCS3)sc2n1. The molecule has 8 heteroatoms. The molecule has 0 bridgehead atoms. The fourth-order valence-electron chi connectivity index (χ4n) is 1.40. The van der Waals surface area contributed by atoms with E-state index >= 15 is 0 Å². The van der Waals surface area contributed by atoms with E-state index in [-0.39, 0.29) is 5.56 Å². The van der Waals surface area contributed by atoms with Crippen LogP contribution in [0.5, 0.6) is 0 Å². The van der Waals surface area contributed by atoms with Gasteiger partial charge in [0.15, 0.2) is 0 Å². The lowest BCUT2D eigenvalue weighted by atomic mass is 10.5. The second-order valence-corrected chi connectivity index (χ2v) is 6.75. The Bertz CT molecular complexity index is 652. The van der Waals surface area contributed by atoms with Gasteiger partial charge in [-0.1, -0.05) is 34.9 Å². The summed E-state index contributed by atoms with van der Waals surface area (Å²) in [7, 11) is 0. The molecule has 0 aromatic carbocycles. The first kappa shape index (κ1) is 11.2. The van der Waals surface area contributed by atoms with E-state index in [1.165, 1.54) is 21.9 Å². The molecule has 3 heterocycles. The minimum absolute atomic E-state index is 0.151. The smallest absolute Gasteiger partial charge is 0.267 e. The molecule has 0 radical (unpaired) electrons. The summed E-state index contributed by atoms with van der Waals surface area (Å²) in [6, 6.07) is 1.47. The van der Waals surface area contributed by atoms with Gasteiger partial charge in [-0.25, -0.2) is 9.98 Å². The molecule has 0 aliphatic carbocycles. The maximum absolute atomic E-state index is 11.7. The van der Waals surface area contributed by atoms with Crippen LogP contribution < -0.4 is 5.56 Å². The van der Waals surface area contributed by atoms with E-state index < -0.39 is 0 Å². The van der Waals surface area contributed by atoms with Gasteiger partial charge in [-0.15, -0.1) is 5.10 Å². The normalized spacial score (nSPS) is 15.7. The minimum Gasteiger partial charge on any atom is -0.267 e. The van der Waals surface area contributed by atoms with Gasteiger partial charge in [0.2, 0.25) is 10.1 Å². The van der Waals surface area contributed by atoms with Gasteiger partial charge in [-0.2, -0.15) is 4.52 Å². The highest BCUT2D eigenvalue weighted by molar-refractivity contribution is 8.41. The number of rotatable bonds is 1. The zero-order chi connectivity index (χ0) is 11.8. The lowest BCUT2D eigenvalue weighted by Gasteiger charge is -1.89. The molecule has 3 rings (SSSR count). The Morgan fingerprint density at radius 1 is 1.41 bits per heavy atom. The molecule has 5 nitrogen and oxygen atoms in total. The molecule has 0 atom stereocenters. The van der Waals surface area contributed by atoms with Crippen molar-refractivity contribution in [1.29, 1.82) is 0 Å². The van der Waals surface area contributed by atoms with Gasteiger partial charge < -0.3 is 0 Å². The third kappa shape index (κ3) is 2.24. The number of thioether (sulfide) groups is 2. The summed E-state index contributed by atoms with van der Waals surface area (Å²) in [5, 5.41) is 4.76. The monoisotopic (exact) mass is 284 g/mol. The average molecular weight is 284 g/mol. The zero-order valence-corrected chi connectivity index (χ0v) is 11.4. The van der Waals surface area contributed by atoms with Gasteiger partial charge in [0.1, 0.15) is 4.38 Å². The number of aromatic nitrogens is 3. The largest absolute Gasteiger partial charge is 0.275 e. The number of aliphatic imine (C=N–C) groups is 1. The number of aryl methyl sites for hydroxylation is 1. The molecule has 1 aliphatic heterocycles. The van der Waals surface area contributed by atoms with Gasteiger partial charge in [0, 0.05) is 23.3 Å². The summed E-state index contributed by atoms with van der Waals surface area (Å²) in [6.45, 7) is 1.80. The van der Waals surface area contributed by atoms with Crippen LogP contribution in [0.15, 0.2) is 15.9 Å². The lowest BCUT2D eigenvalue weighted by molar-refractivity contribution is 0.890. The van der Waals surface area contributed by atoms with Crippen LogP contribution in [0.3, 0.4) is 0 Å². The van der Waals surface area contributed by atoms with Crippen LogP contribution in [-0.2, 0) is 0 Å². The first-order chi connectivity index (χ1) is 8.22. The predicted molar refractivity (Wildman–Crippen MR) is 73.9 cm³/mol. The molecule has 2 aromatic rings. The molecule has 0 N–H and O–H groups in total. The van der Waals surface area contributed by atoms with Crippen molar-refractivity contribution in [2.75, 3.05) is 11.5 Å². The number of hydrogen-bond acceptors (Lipinski definition) is 7. The molecule has 0 spiro atoms. The van der Waals surface area contributed by atoms with E-state index in [9.17, 15) is 4.79 Å². The van der Waals surface area contributed by atoms with E-state index in [2.05, 4.69) is 15.1 Å². The number of nitrogens with zero attached hydrogens (tertiary/aromatic N) is 4. The van der Waals surface area contributed by atoms with Crippen LogP contribution >= 0.6 is 34.9 Å². The van der Waals surface area contributed by atoms with Crippen molar-refractivity contribution < 1.29 is 0 Å². The highest BCUT2D eigenvalue weighted by Crippen LogP contribution is 2.30. The van der Waals surface area contributed by atoms with E-state index in [4.69, 9.17) is 0 Å². The quantitative estimate of drug-likeness (QED) is 0.801. The van der Waals surface area contributed by atoms with Crippen LogP contribution in [0.2, 0.25) is 0 Å². The Labute approximate surface area is 109 Å². The maximum atomic E-state index is 11.7. The summed E-state index contributed by atoms with van der Waals surface area (Å²) in [5.74, 6) is 2.18. The Morgan fingerprint density at radius 3 is 2.94 bits per heavy atom. The summed E-state index contributed by atoms with van der Waals surface area (Å²) in [6.07, 6.45) is 0. The van der Waals surface area contributed by atoms with E-state index in [1.807, 2.05) is 0 Å². The fraction of sp³-hybridized carbons (Fsp3) is 0.333. The molecule has 0 saturated carbocycles. The second-order valence-electron chi connectivity index (χ2n) is 3.39. The maximum Gasteiger partial charge on any atom is 0.275 e. The van der Waals surface area contributed by atoms with Crippen LogP contribution in [-0.4, -0.2) is 30.5 Å².